The molecule has 1 saturated carbocycles. The molecule has 2 unspecified atom stereocenters. The topological polar surface area (TPSA) is 26.9 Å². The van der Waals surface area contributed by atoms with Crippen LogP contribution in [0.15, 0.2) is 0 Å². The molecule has 0 aromatic carbocycles. The average molecular weight is 166 g/mol. The van der Waals surface area contributed by atoms with Gasteiger partial charge in [0.2, 0.25) is 0 Å². The van der Waals surface area contributed by atoms with Gasteiger partial charge in [-0.3, -0.25) is 4.90 Å². The van der Waals surface area contributed by atoms with Gasteiger partial charge in [-0.1, -0.05) is 13.3 Å². The van der Waals surface area contributed by atoms with E-state index in [1.165, 1.54) is 32.2 Å². The molecule has 2 heteroatoms. The van der Waals surface area contributed by atoms with Gasteiger partial charge in [-0.25, -0.2) is 0 Å². The molecule has 0 aromatic heterocycles. The summed E-state index contributed by atoms with van der Waals surface area (Å²) in [5.41, 5.74) is 0.997. The molecule has 68 valence electrons. The molecule has 0 aromatic rings. The van der Waals surface area contributed by atoms with E-state index in [0.717, 1.165) is 18.2 Å². The lowest BCUT2D eigenvalue weighted by Crippen LogP contribution is -2.32. The lowest BCUT2D eigenvalue weighted by molar-refractivity contribution is 0.390. The summed E-state index contributed by atoms with van der Waals surface area (Å²) < 4.78 is 0. The minimum absolute atomic E-state index is 0.531. The van der Waals surface area contributed by atoms with Crippen LogP contribution < -0.4 is 0 Å². The van der Waals surface area contributed by atoms with Crippen molar-refractivity contribution in [3.63, 3.8) is 0 Å². The Balaban J connectivity index is 1.90. The fourth-order valence-corrected chi connectivity index (χ4v) is 2.30. The smallest absolute Gasteiger partial charge is 0.0478 e. The highest BCUT2D eigenvalue weighted by Gasteiger charge is 2.40. The van der Waals surface area contributed by atoms with Gasteiger partial charge in [-0.15, -0.1) is 0 Å². The zero-order valence-electron chi connectivity index (χ0n) is 7.84. The highest BCUT2D eigenvalue weighted by atomic mass is 15.3. The molecule has 1 saturated heterocycles. The molecule has 0 bridgehead atoms. The van der Waals surface area contributed by atoms with Crippen molar-refractivity contribution in [1.82, 2.24) is 4.90 Å². The molecular formula is C10H18N2. The first kappa shape index (κ1) is 8.24. The van der Waals surface area contributed by atoms with Gasteiger partial charge in [0, 0.05) is 24.3 Å². The normalized spacial score (nSPS) is 41.4. The first-order valence-corrected chi connectivity index (χ1v) is 5.16. The van der Waals surface area contributed by atoms with E-state index in [-0.39, 0.29) is 0 Å². The molecule has 2 aliphatic rings. The van der Waals surface area contributed by atoms with Gasteiger partial charge in [-0.2, -0.15) is 0 Å². The van der Waals surface area contributed by atoms with Crippen LogP contribution in [0.5, 0.6) is 0 Å². The molecule has 1 N–H and O–H groups in total. The monoisotopic (exact) mass is 166 g/mol. The van der Waals surface area contributed by atoms with E-state index < -0.39 is 0 Å². The van der Waals surface area contributed by atoms with Crippen molar-refractivity contribution in [2.45, 2.75) is 51.1 Å². The Hall–Kier alpha value is -0.370. The van der Waals surface area contributed by atoms with Gasteiger partial charge in [-0.05, 0) is 25.7 Å². The Morgan fingerprint density at radius 1 is 1.50 bits per heavy atom. The summed E-state index contributed by atoms with van der Waals surface area (Å²) >= 11 is 0. The van der Waals surface area contributed by atoms with Crippen LogP contribution in [0.2, 0.25) is 0 Å². The van der Waals surface area contributed by atoms with Crippen molar-refractivity contribution in [3.05, 3.63) is 0 Å². The molecule has 1 aliphatic carbocycles. The van der Waals surface area contributed by atoms with Crippen molar-refractivity contribution in [3.8, 4) is 0 Å². The minimum Gasteiger partial charge on any atom is -0.308 e. The second-order valence-corrected chi connectivity index (χ2v) is 4.05. The molecular weight excluding hydrogens is 148 g/mol. The van der Waals surface area contributed by atoms with Gasteiger partial charge in [0.15, 0.2) is 0 Å². The molecule has 2 fully saturated rings. The Bertz CT molecular complexity index is 188. The molecule has 12 heavy (non-hydrogen) atoms. The van der Waals surface area contributed by atoms with Crippen LogP contribution in [0.3, 0.4) is 0 Å². The van der Waals surface area contributed by atoms with Gasteiger partial charge in [0.25, 0.3) is 0 Å². The maximum atomic E-state index is 7.84. The minimum atomic E-state index is 0.531. The van der Waals surface area contributed by atoms with Crippen molar-refractivity contribution >= 4 is 5.71 Å². The van der Waals surface area contributed by atoms with Crippen LogP contribution in [0.4, 0.5) is 0 Å². The first-order chi connectivity index (χ1) is 5.83. The fraction of sp³-hybridized carbons (Fsp3) is 0.900. The maximum Gasteiger partial charge on any atom is 0.0478 e. The molecule has 2 nitrogen and oxygen atoms in total. The number of nitrogens with one attached hydrogen (secondary N) is 1. The highest BCUT2D eigenvalue weighted by molar-refractivity contribution is 5.87. The van der Waals surface area contributed by atoms with E-state index in [9.17, 15) is 0 Å². The largest absolute Gasteiger partial charge is 0.308 e. The lowest BCUT2D eigenvalue weighted by Gasteiger charge is -2.24. The van der Waals surface area contributed by atoms with Crippen LogP contribution in [-0.2, 0) is 0 Å². The Morgan fingerprint density at radius 2 is 2.33 bits per heavy atom. The summed E-state index contributed by atoms with van der Waals surface area (Å²) in [6.07, 6.45) is 6.15. The van der Waals surface area contributed by atoms with Gasteiger partial charge in [0.05, 0.1) is 0 Å². The molecule has 1 aliphatic heterocycles. The molecule has 0 amide bonds. The summed E-state index contributed by atoms with van der Waals surface area (Å²) in [5, 5.41) is 7.84. The summed E-state index contributed by atoms with van der Waals surface area (Å²) in [5.74, 6) is 0. The maximum absolute atomic E-state index is 7.84. The van der Waals surface area contributed by atoms with Crippen LogP contribution in [0.1, 0.15) is 39.0 Å². The van der Waals surface area contributed by atoms with Crippen molar-refractivity contribution < 1.29 is 0 Å². The fourth-order valence-electron chi connectivity index (χ4n) is 2.30. The standard InChI is InChI=1S/C10H18N2/c1-2-8-7-12(8)10-6-4-3-5-9(10)11/h8,10-11H,2-7H2,1H3/t8?,10-,12?/m1/s1. The van der Waals surface area contributed by atoms with E-state index in [2.05, 4.69) is 11.8 Å². The highest BCUT2D eigenvalue weighted by Crippen LogP contribution is 2.30. The van der Waals surface area contributed by atoms with Gasteiger partial charge < -0.3 is 5.41 Å². The first-order valence-electron chi connectivity index (χ1n) is 5.16. The molecule has 2 rings (SSSR count). The quantitative estimate of drug-likeness (QED) is 0.624. The summed E-state index contributed by atoms with van der Waals surface area (Å²) in [6.45, 7) is 3.50. The third-order valence-corrected chi connectivity index (χ3v) is 3.20. The summed E-state index contributed by atoms with van der Waals surface area (Å²) in [4.78, 5) is 2.50. The van der Waals surface area contributed by atoms with E-state index in [1.54, 1.807) is 0 Å². The summed E-state index contributed by atoms with van der Waals surface area (Å²) in [6, 6.07) is 1.34. The van der Waals surface area contributed by atoms with E-state index in [1.807, 2.05) is 0 Å². The van der Waals surface area contributed by atoms with Crippen molar-refractivity contribution in [2.75, 3.05) is 6.54 Å². The predicted octanol–water partition coefficient (Wildman–Crippen LogP) is 2.04. The zero-order valence-corrected chi connectivity index (χ0v) is 7.84. The SMILES string of the molecule is CCC1CN1[C@@H]1CCCCC1=N. The van der Waals surface area contributed by atoms with Crippen LogP contribution >= 0.6 is 0 Å². The molecule has 1 heterocycles. The second kappa shape index (κ2) is 3.17. The van der Waals surface area contributed by atoms with E-state index in [4.69, 9.17) is 5.41 Å². The summed E-state index contributed by atoms with van der Waals surface area (Å²) in [7, 11) is 0. The Labute approximate surface area is 74.5 Å². The molecule has 0 radical (unpaired) electrons. The van der Waals surface area contributed by atoms with Crippen LogP contribution in [0, 0.1) is 5.41 Å². The third kappa shape index (κ3) is 1.40. The Morgan fingerprint density at radius 3 is 2.92 bits per heavy atom. The number of nitrogens with zero attached hydrogens (tertiary/aromatic N) is 1. The Kier molecular flexibility index (Phi) is 2.18. The van der Waals surface area contributed by atoms with E-state index >= 15 is 0 Å². The van der Waals surface area contributed by atoms with Crippen LogP contribution in [-0.4, -0.2) is 29.2 Å². The van der Waals surface area contributed by atoms with Crippen molar-refractivity contribution in [1.29, 1.82) is 5.41 Å². The van der Waals surface area contributed by atoms with Gasteiger partial charge >= 0.3 is 0 Å². The van der Waals surface area contributed by atoms with Crippen LogP contribution in [0.25, 0.3) is 0 Å². The number of rotatable bonds is 2. The van der Waals surface area contributed by atoms with E-state index in [0.29, 0.717) is 6.04 Å². The average Bonchev–Trinajstić information content (AvgIpc) is 2.84. The zero-order chi connectivity index (χ0) is 8.55. The van der Waals surface area contributed by atoms with Crippen molar-refractivity contribution in [2.24, 2.45) is 0 Å². The number of hydrogen-bond donors (Lipinski definition) is 1. The third-order valence-electron chi connectivity index (χ3n) is 3.20. The van der Waals surface area contributed by atoms with Gasteiger partial charge in [0.1, 0.15) is 0 Å². The molecule has 3 atom stereocenters. The predicted molar refractivity (Wildman–Crippen MR) is 50.8 cm³/mol. The molecule has 0 spiro atoms. The number of hydrogen-bond acceptors (Lipinski definition) is 2. The lowest BCUT2D eigenvalue weighted by atomic mass is 9.93. The second-order valence-electron chi connectivity index (χ2n) is 4.05.